The number of hydrogen-bond donors (Lipinski definition) is 4. The van der Waals surface area contributed by atoms with Crippen LogP contribution in [0.15, 0.2) is 54.6 Å². The van der Waals surface area contributed by atoms with Gasteiger partial charge in [0, 0.05) is 34.8 Å². The van der Waals surface area contributed by atoms with Crippen LogP contribution >= 0.6 is 0 Å². The minimum atomic E-state index is -4.62. The number of alkyl halides is 3. The third kappa shape index (κ3) is 9.11. The van der Waals surface area contributed by atoms with Crippen molar-refractivity contribution in [3.8, 4) is 0 Å². The Labute approximate surface area is 241 Å². The van der Waals surface area contributed by atoms with Gasteiger partial charge in [-0.1, -0.05) is 24.3 Å². The molecule has 0 bridgehead atoms. The van der Waals surface area contributed by atoms with Gasteiger partial charge in [-0.15, -0.1) is 0 Å². The zero-order valence-corrected chi connectivity index (χ0v) is 23.5. The molecule has 3 atom stereocenters. The Morgan fingerprint density at radius 3 is 2.31 bits per heavy atom. The van der Waals surface area contributed by atoms with Crippen molar-refractivity contribution in [2.75, 3.05) is 18.5 Å². The summed E-state index contributed by atoms with van der Waals surface area (Å²) in [6, 6.07) is 11.6. The van der Waals surface area contributed by atoms with Crippen molar-refractivity contribution < 1.29 is 42.2 Å². The van der Waals surface area contributed by atoms with Gasteiger partial charge in [-0.25, -0.2) is 9.59 Å². The molecule has 0 aromatic heterocycles. The molecule has 2 aromatic carbocycles. The lowest BCUT2D eigenvalue weighted by molar-refractivity contribution is -0.137. The first-order chi connectivity index (χ1) is 19.6. The van der Waals surface area contributed by atoms with E-state index >= 15 is 0 Å². The fourth-order valence-corrected chi connectivity index (χ4v) is 5.05. The van der Waals surface area contributed by atoms with E-state index in [-0.39, 0.29) is 12.2 Å². The molecule has 10 nitrogen and oxygen atoms in total. The number of carboxylic acid groups (broad SMARTS) is 1. The third-order valence-electron chi connectivity index (χ3n) is 6.91. The molecule has 1 fully saturated rings. The number of benzene rings is 2. The lowest BCUT2D eigenvalue weighted by Crippen LogP contribution is -2.56. The van der Waals surface area contributed by atoms with Crippen LogP contribution in [0, 0.1) is 5.92 Å². The minimum absolute atomic E-state index is 0.117. The maximum atomic E-state index is 13.0. The van der Waals surface area contributed by atoms with E-state index in [1.54, 1.807) is 51.1 Å². The van der Waals surface area contributed by atoms with Crippen molar-refractivity contribution >= 4 is 29.7 Å². The minimum Gasteiger partial charge on any atom is -0.465 e. The normalized spacial score (nSPS) is 18.9. The molecule has 1 saturated carbocycles. The highest BCUT2D eigenvalue weighted by Gasteiger charge is 2.40. The maximum Gasteiger partial charge on any atom is 0.416 e. The largest absolute Gasteiger partial charge is 0.465 e. The Kier molecular flexibility index (Phi) is 10.4. The smallest absolute Gasteiger partial charge is 0.416 e. The molecule has 0 radical (unpaired) electrons. The predicted molar refractivity (Wildman–Crippen MR) is 148 cm³/mol. The van der Waals surface area contributed by atoms with Gasteiger partial charge >= 0.3 is 18.4 Å². The molecule has 4 N–H and O–H groups in total. The van der Waals surface area contributed by atoms with Crippen LogP contribution in [-0.2, 0) is 15.7 Å². The lowest BCUT2D eigenvalue weighted by Gasteiger charge is -2.45. The highest BCUT2D eigenvalue weighted by molar-refractivity contribution is 5.96. The number of nitrogens with one attached hydrogen (secondary N) is 3. The molecule has 0 spiro atoms. The van der Waals surface area contributed by atoms with Crippen LogP contribution < -0.4 is 16.0 Å². The van der Waals surface area contributed by atoms with Crippen molar-refractivity contribution in [3.05, 3.63) is 65.7 Å². The number of halogens is 3. The van der Waals surface area contributed by atoms with Gasteiger partial charge in [0.2, 0.25) is 5.91 Å². The van der Waals surface area contributed by atoms with Gasteiger partial charge in [0.15, 0.2) is 0 Å². The molecule has 0 heterocycles. The van der Waals surface area contributed by atoms with Gasteiger partial charge in [-0.2, -0.15) is 13.2 Å². The van der Waals surface area contributed by atoms with Gasteiger partial charge in [0.1, 0.15) is 0 Å². The average Bonchev–Trinajstić information content (AvgIpc) is 2.91. The molecular weight excluding hydrogens is 557 g/mol. The number of anilines is 1. The number of hydrogen-bond acceptors (Lipinski definition) is 5. The molecule has 42 heavy (non-hydrogen) atoms. The molecule has 3 rings (SSSR count). The quantitative estimate of drug-likeness (QED) is 0.336. The second-order valence-electron chi connectivity index (χ2n) is 11.1. The number of amides is 4. The molecule has 0 aliphatic heterocycles. The summed E-state index contributed by atoms with van der Waals surface area (Å²) in [5.41, 5.74) is -1.41. The van der Waals surface area contributed by atoms with E-state index in [1.807, 2.05) is 0 Å². The van der Waals surface area contributed by atoms with Crippen molar-refractivity contribution in [1.82, 2.24) is 15.5 Å². The number of ether oxygens (including phenoxy) is 1. The van der Waals surface area contributed by atoms with E-state index < -0.39 is 65.8 Å². The second-order valence-corrected chi connectivity index (χ2v) is 11.1. The van der Waals surface area contributed by atoms with Crippen molar-refractivity contribution in [1.29, 1.82) is 0 Å². The van der Waals surface area contributed by atoms with Crippen molar-refractivity contribution in [2.24, 2.45) is 5.92 Å². The van der Waals surface area contributed by atoms with E-state index in [9.17, 15) is 37.5 Å². The summed E-state index contributed by atoms with van der Waals surface area (Å²) in [4.78, 5) is 51.0. The van der Waals surface area contributed by atoms with E-state index in [4.69, 9.17) is 4.74 Å². The lowest BCUT2D eigenvalue weighted by atomic mass is 9.80. The molecular formula is C29H35F3N4O6. The van der Waals surface area contributed by atoms with Crippen LogP contribution in [0.3, 0.4) is 0 Å². The molecule has 1 aliphatic rings. The Balaban J connectivity index is 1.65. The summed E-state index contributed by atoms with van der Waals surface area (Å²) in [6.07, 6.45) is -5.33. The fourth-order valence-electron chi connectivity index (χ4n) is 5.05. The summed E-state index contributed by atoms with van der Waals surface area (Å²) in [6.45, 7) is 4.72. The van der Waals surface area contributed by atoms with Crippen LogP contribution in [0.1, 0.15) is 56.0 Å². The highest BCUT2D eigenvalue weighted by Crippen LogP contribution is 2.33. The van der Waals surface area contributed by atoms with Crippen molar-refractivity contribution in [3.63, 3.8) is 0 Å². The number of carbonyl (C=O) groups excluding carboxylic acids is 3. The molecule has 0 saturated heterocycles. The summed E-state index contributed by atoms with van der Waals surface area (Å²) in [5, 5.41) is 17.6. The zero-order valence-electron chi connectivity index (χ0n) is 23.5. The van der Waals surface area contributed by atoms with Gasteiger partial charge < -0.3 is 25.4 Å². The van der Waals surface area contributed by atoms with E-state index in [2.05, 4.69) is 16.0 Å². The first-order valence-corrected chi connectivity index (χ1v) is 13.4. The van der Waals surface area contributed by atoms with Gasteiger partial charge in [-0.3, -0.25) is 14.9 Å². The van der Waals surface area contributed by atoms with E-state index in [0.29, 0.717) is 31.0 Å². The Morgan fingerprint density at radius 1 is 1.00 bits per heavy atom. The SMILES string of the molecule is CC(C)(C)N(C(=O)O)C1CC[C@H](NC(=O)CNC(=O)c2cccc(C(F)(F)F)c2)[C@H](COC(=O)Nc2ccccc2)C1. The maximum absolute atomic E-state index is 13.0. The standard InChI is InChI=1S/C29H35F3N4O6/c1-28(2,3)36(27(40)41)22-12-13-23(19(15-22)17-42-26(39)34-21-10-5-4-6-11-21)35-24(37)16-33-25(38)18-8-7-9-20(14-18)29(30,31)32/h4-11,14,19,22-23H,12-13,15-17H2,1-3H3,(H,33,38)(H,34,39)(H,35,37)(H,40,41)/t19-,22?,23-/m0/s1. The summed E-state index contributed by atoms with van der Waals surface area (Å²) in [5.74, 6) is -1.90. The number of nitrogens with zero attached hydrogens (tertiary/aromatic N) is 1. The van der Waals surface area contributed by atoms with E-state index in [0.717, 1.165) is 12.1 Å². The fraction of sp³-hybridized carbons (Fsp3) is 0.448. The topological polar surface area (TPSA) is 137 Å². The summed E-state index contributed by atoms with van der Waals surface area (Å²) < 4.78 is 44.4. The van der Waals surface area contributed by atoms with Gasteiger partial charge in [0.25, 0.3) is 5.91 Å². The Hall–Kier alpha value is -4.29. The monoisotopic (exact) mass is 592 g/mol. The van der Waals surface area contributed by atoms with Crippen LogP contribution in [0.2, 0.25) is 0 Å². The number of carbonyl (C=O) groups is 4. The second kappa shape index (κ2) is 13.6. The third-order valence-corrected chi connectivity index (χ3v) is 6.91. The summed E-state index contributed by atoms with van der Waals surface area (Å²) in [7, 11) is 0. The molecule has 1 unspecified atom stereocenters. The summed E-state index contributed by atoms with van der Waals surface area (Å²) >= 11 is 0. The first kappa shape index (κ1) is 32.2. The molecule has 4 amide bonds. The molecule has 13 heteroatoms. The number of para-hydroxylation sites is 1. The van der Waals surface area contributed by atoms with E-state index in [1.165, 1.54) is 11.0 Å². The average molecular weight is 593 g/mol. The van der Waals surface area contributed by atoms with Gasteiger partial charge in [-0.05, 0) is 70.4 Å². The number of rotatable bonds is 8. The Morgan fingerprint density at radius 2 is 1.69 bits per heavy atom. The van der Waals surface area contributed by atoms with Crippen LogP contribution in [0.4, 0.5) is 28.4 Å². The van der Waals surface area contributed by atoms with Crippen LogP contribution in [-0.4, -0.2) is 64.8 Å². The van der Waals surface area contributed by atoms with Crippen LogP contribution in [0.5, 0.6) is 0 Å². The van der Waals surface area contributed by atoms with Crippen molar-refractivity contribution in [2.45, 2.75) is 63.8 Å². The molecule has 1 aliphatic carbocycles. The van der Waals surface area contributed by atoms with Gasteiger partial charge in [0.05, 0.1) is 18.7 Å². The molecule has 228 valence electrons. The van der Waals surface area contributed by atoms with Crippen LogP contribution in [0.25, 0.3) is 0 Å². The first-order valence-electron chi connectivity index (χ1n) is 13.4. The highest BCUT2D eigenvalue weighted by atomic mass is 19.4. The predicted octanol–water partition coefficient (Wildman–Crippen LogP) is 5.12. The Bertz CT molecular complexity index is 1270. The zero-order chi connectivity index (χ0) is 31.1. The molecule has 2 aromatic rings.